The first-order valence-electron chi connectivity index (χ1n) is 27.8. The van der Waals surface area contributed by atoms with Gasteiger partial charge in [0.25, 0.3) is 0 Å². The molecular formula is C54H94NaO32+. The van der Waals surface area contributed by atoms with Crippen LogP contribution in [0.4, 0.5) is 0 Å². The van der Waals surface area contributed by atoms with Crippen molar-refractivity contribution in [2.45, 2.75) is 213 Å². The van der Waals surface area contributed by atoms with Crippen LogP contribution in [0.3, 0.4) is 0 Å². The summed E-state index contributed by atoms with van der Waals surface area (Å²) in [5.41, 5.74) is 0. The molecule has 0 bridgehead atoms. The van der Waals surface area contributed by atoms with Gasteiger partial charge in [-0.15, -0.1) is 0 Å². The van der Waals surface area contributed by atoms with Crippen LogP contribution < -0.4 is 29.6 Å². The third kappa shape index (κ3) is 33.1. The van der Waals surface area contributed by atoms with Gasteiger partial charge in [0.2, 0.25) is 0 Å². The summed E-state index contributed by atoms with van der Waals surface area (Å²) in [6.45, 7) is 17.4. The van der Waals surface area contributed by atoms with E-state index in [4.69, 9.17) is 91.1 Å². The van der Waals surface area contributed by atoms with Gasteiger partial charge in [-0.05, 0) is 51.4 Å². The van der Waals surface area contributed by atoms with Gasteiger partial charge in [-0.1, -0.05) is 62.8 Å². The van der Waals surface area contributed by atoms with Crippen LogP contribution in [0.25, 0.3) is 0 Å². The second-order valence-electron chi connectivity index (χ2n) is 18.0. The summed E-state index contributed by atoms with van der Waals surface area (Å²) in [7, 11) is 6.69. The van der Waals surface area contributed by atoms with Crippen LogP contribution in [0.15, 0.2) is 0 Å². The Labute approximate surface area is 530 Å². The van der Waals surface area contributed by atoms with Crippen LogP contribution >= 0.6 is 0 Å². The molecule has 8 fully saturated rings. The summed E-state index contributed by atoms with van der Waals surface area (Å²) < 4.78 is 104. The Morgan fingerprint density at radius 2 is 0.391 bits per heavy atom. The van der Waals surface area contributed by atoms with Gasteiger partial charge in [0.1, 0.15) is 0 Å². The number of carboxylic acids is 3. The fraction of sp³-hybridized carbons (Fsp3) is 0.852. The van der Waals surface area contributed by atoms with Gasteiger partial charge in [-0.2, -0.15) is 0 Å². The Bertz CT molecular complexity index is 1660. The fourth-order valence-corrected chi connectivity index (χ4v) is 7.03. The second kappa shape index (κ2) is 48.9. The van der Waals surface area contributed by atoms with E-state index in [1.165, 1.54) is 35.5 Å². The predicted molar refractivity (Wildman–Crippen MR) is 289 cm³/mol. The van der Waals surface area contributed by atoms with Crippen LogP contribution in [-0.4, -0.2) is 251 Å². The number of carbonyl (C=O) groups excluding carboxylic acids is 5. The largest absolute Gasteiger partial charge is 1.00 e. The number of rotatable bonds is 16. The first-order chi connectivity index (χ1) is 40.6. The molecule has 8 aliphatic rings. The van der Waals surface area contributed by atoms with Crippen LogP contribution in [-0.2, 0) is 138 Å². The molecule has 8 aliphatic heterocycles. The van der Waals surface area contributed by atoms with Crippen molar-refractivity contribution >= 4 is 47.8 Å². The molecule has 8 rings (SSSR count). The zero-order chi connectivity index (χ0) is 64.0. The maximum Gasteiger partial charge on any atom is 1.00 e. The van der Waals surface area contributed by atoms with E-state index < -0.39 is 66.7 Å². The van der Waals surface area contributed by atoms with Gasteiger partial charge in [0.05, 0.1) is 88.4 Å². The molecule has 87 heavy (non-hydrogen) atoms. The third-order valence-corrected chi connectivity index (χ3v) is 11.8. The Balaban J connectivity index is 0. The van der Waals surface area contributed by atoms with E-state index in [1.54, 1.807) is 0 Å². The SMILES string of the molecule is C.CC[C@@H]1OC[C@H](C(=O)OC)O1.CC[C@@H]1OC[C@H](C(=O)OC)O1.CC[C@@H]1OC[C@H](C(=O)OC)O1.CC[C@@H]1OC[C@H](C(=O)OC)O1.CC[C@H]1OC[C@H](C(=O)O)O1.CC[C@H]1OC[C@H](C(=O)O)O1.CC[C@H]1OC[C@H](C(=O)O)O1.CC[C@H]1OC[C@H](C(=O)OC)O1.[Na+]. The smallest absolute Gasteiger partial charge is 0.479 e. The first-order valence-corrected chi connectivity index (χ1v) is 27.8. The predicted octanol–water partition coefficient (Wildman–Crippen LogP) is -0.138. The number of carbonyl (C=O) groups is 8. The first kappa shape index (κ1) is 85.2. The minimum atomic E-state index is -0.948. The van der Waals surface area contributed by atoms with Crippen molar-refractivity contribution in [2.75, 3.05) is 88.4 Å². The third-order valence-electron chi connectivity index (χ3n) is 11.8. The van der Waals surface area contributed by atoms with Gasteiger partial charge in [0.15, 0.2) is 99.2 Å². The summed E-state index contributed by atoms with van der Waals surface area (Å²) in [6, 6.07) is 0. The Morgan fingerprint density at radius 1 is 0.276 bits per heavy atom. The van der Waals surface area contributed by atoms with Gasteiger partial charge >= 0.3 is 77.3 Å². The number of hydrogen-bond acceptors (Lipinski definition) is 29. The van der Waals surface area contributed by atoms with Crippen molar-refractivity contribution in [3.8, 4) is 0 Å². The van der Waals surface area contributed by atoms with Crippen molar-refractivity contribution in [3.05, 3.63) is 0 Å². The van der Waals surface area contributed by atoms with Gasteiger partial charge in [-0.25, -0.2) is 38.4 Å². The molecule has 3 N–H and O–H groups in total. The monoisotopic (exact) mass is 1280 g/mol. The number of aliphatic carboxylic acids is 3. The van der Waals surface area contributed by atoms with Gasteiger partial charge < -0.3 is 115 Å². The molecular weight excluding hydrogens is 1180 g/mol. The minimum absolute atomic E-state index is 0. The number of ether oxygens (including phenoxy) is 21. The molecule has 0 saturated carbocycles. The summed E-state index contributed by atoms with van der Waals surface area (Å²) >= 11 is 0. The summed E-state index contributed by atoms with van der Waals surface area (Å²) in [4.78, 5) is 85.0. The Kier molecular flexibility index (Phi) is 47.9. The van der Waals surface area contributed by atoms with Crippen molar-refractivity contribution in [1.29, 1.82) is 0 Å². The fourth-order valence-electron chi connectivity index (χ4n) is 7.03. The van der Waals surface area contributed by atoms with Crippen molar-refractivity contribution in [2.24, 2.45) is 0 Å². The van der Waals surface area contributed by atoms with E-state index in [-0.39, 0.29) is 137 Å². The molecule has 0 amide bonds. The maximum atomic E-state index is 10.8. The van der Waals surface area contributed by atoms with Crippen LogP contribution in [0, 0.1) is 0 Å². The molecule has 502 valence electrons. The van der Waals surface area contributed by atoms with Crippen molar-refractivity contribution in [3.63, 3.8) is 0 Å². The Hall–Kier alpha value is -3.88. The van der Waals surface area contributed by atoms with Crippen LogP contribution in [0.1, 0.15) is 114 Å². The molecule has 0 aliphatic carbocycles. The summed E-state index contributed by atoms with van der Waals surface area (Å²) in [6.07, 6.45) is -1.15. The normalized spacial score (nSPS) is 30.4. The van der Waals surface area contributed by atoms with Crippen molar-refractivity contribution < 1.29 is 183 Å². The van der Waals surface area contributed by atoms with E-state index in [9.17, 15) is 38.4 Å². The van der Waals surface area contributed by atoms with Crippen LogP contribution in [0.2, 0.25) is 0 Å². The average Bonchev–Trinajstić information content (AvgIpc) is 4.44. The molecule has 0 aromatic rings. The average molecular weight is 1280 g/mol. The van der Waals surface area contributed by atoms with E-state index in [0.29, 0.717) is 52.3 Å². The quantitative estimate of drug-likeness (QED) is 0.103. The van der Waals surface area contributed by atoms with Gasteiger partial charge in [-0.3, -0.25) is 0 Å². The maximum absolute atomic E-state index is 10.8. The second-order valence-corrected chi connectivity index (χ2v) is 18.0. The molecule has 0 aromatic heterocycles. The summed E-state index contributed by atoms with van der Waals surface area (Å²) in [5, 5.41) is 25.3. The number of esters is 5. The van der Waals surface area contributed by atoms with E-state index >= 15 is 0 Å². The zero-order valence-electron chi connectivity index (χ0n) is 51.7. The van der Waals surface area contributed by atoms with E-state index in [0.717, 1.165) is 32.1 Å². The molecule has 0 aromatic carbocycles. The zero-order valence-corrected chi connectivity index (χ0v) is 53.7. The molecule has 32 nitrogen and oxygen atoms in total. The number of carboxylic acid groups (broad SMARTS) is 3. The van der Waals surface area contributed by atoms with Crippen molar-refractivity contribution in [1.82, 2.24) is 0 Å². The minimum Gasteiger partial charge on any atom is -0.479 e. The van der Waals surface area contributed by atoms with E-state index in [1.807, 2.05) is 55.4 Å². The Morgan fingerprint density at radius 3 is 0.471 bits per heavy atom. The molecule has 0 spiro atoms. The molecule has 0 unspecified atom stereocenters. The van der Waals surface area contributed by atoms with Crippen LogP contribution in [0.5, 0.6) is 0 Å². The molecule has 8 heterocycles. The molecule has 0 radical (unpaired) electrons. The molecule has 8 saturated heterocycles. The molecule has 16 atom stereocenters. The summed E-state index contributed by atoms with van der Waals surface area (Å²) in [5.74, 6) is -4.65. The standard InChI is InChI=1S/5C7H12O4.3C6H10O4.CH4.Na/c5*1-3-6-10-4-5(11-6)7(8)9-2;3*1-2-5-9-3-4(10-5)6(7)8;;/h5*5-6H,3-4H2,1-2H3;3*4-5H,2-3H2,1H3,(H,7,8);1H4;/q;;;;;;;;;+1/t5-,6+;4*5-,6-;3*4-,5+;;/m11111111../s1. The van der Waals surface area contributed by atoms with Gasteiger partial charge in [0, 0.05) is 0 Å². The van der Waals surface area contributed by atoms with E-state index in [2.05, 4.69) is 23.7 Å². The molecule has 33 heteroatoms. The topological polar surface area (TPSA) is 391 Å². The number of hydrogen-bond donors (Lipinski definition) is 3. The number of methoxy groups -OCH3 is 5.